The smallest absolute Gasteiger partial charge is 0.500 e. The van der Waals surface area contributed by atoms with Crippen LogP contribution in [0, 0.1) is 0 Å². The van der Waals surface area contributed by atoms with E-state index < -0.39 is 17.1 Å². The molecule has 0 radical (unpaired) electrons. The molecule has 0 aliphatic carbocycles. The maximum atomic E-state index is 11.8. The summed E-state index contributed by atoms with van der Waals surface area (Å²) in [4.78, 5) is 14.0. The fraction of sp³-hybridized carbons (Fsp3) is 0.929. The largest absolute Gasteiger partial charge is 0.520 e. The van der Waals surface area contributed by atoms with Crippen LogP contribution in [0.1, 0.15) is 19.8 Å². The molecule has 0 aromatic heterocycles. The third-order valence-electron chi connectivity index (χ3n) is 3.39. The van der Waals surface area contributed by atoms with Crippen LogP contribution in [0.4, 0.5) is 0 Å². The Bertz CT molecular complexity index is 311. The van der Waals surface area contributed by atoms with E-state index in [1.54, 1.807) is 21.3 Å². The molecule has 0 fully saturated rings. The minimum Gasteiger partial charge on any atom is -0.520 e. The lowest BCUT2D eigenvalue weighted by Crippen LogP contribution is -2.43. The van der Waals surface area contributed by atoms with E-state index in [0.717, 1.165) is 32.1 Å². The van der Waals surface area contributed by atoms with Crippen molar-refractivity contribution < 1.29 is 22.5 Å². The highest BCUT2D eigenvalue weighted by Crippen LogP contribution is 2.15. The number of hydrogen-bond acceptors (Lipinski definition) is 6. The third kappa shape index (κ3) is 9.01. The molecule has 0 aliphatic heterocycles. The van der Waals surface area contributed by atoms with E-state index in [0.29, 0.717) is 6.42 Å². The summed E-state index contributed by atoms with van der Waals surface area (Å²) in [7, 11) is 0.619. The van der Waals surface area contributed by atoms with Gasteiger partial charge in [-0.15, -0.1) is 0 Å². The summed E-state index contributed by atoms with van der Waals surface area (Å²) >= 11 is 0. The highest BCUT2D eigenvalue weighted by atomic mass is 28.4. The normalized spacial score (nSPS) is 12.7. The molecule has 0 saturated heterocycles. The van der Waals surface area contributed by atoms with Gasteiger partial charge in [-0.25, -0.2) is 0 Å². The highest BCUT2D eigenvalue weighted by Gasteiger charge is 2.37. The standard InChI is InChI=1S/C14H33NO5Si2/c1-8-15(12-10-14(16)20-21(5,6)7)11-9-13-22(17-2,18-3)19-4/h8-13H2,1-7H3. The topological polar surface area (TPSA) is 57.2 Å². The number of carbonyl (C=O) groups excluding carboxylic acids is 1. The van der Waals surface area contributed by atoms with Gasteiger partial charge in [0.2, 0.25) is 8.32 Å². The zero-order valence-corrected chi connectivity index (χ0v) is 17.2. The van der Waals surface area contributed by atoms with E-state index in [-0.39, 0.29) is 5.97 Å². The van der Waals surface area contributed by atoms with E-state index in [1.807, 2.05) is 19.6 Å². The van der Waals surface area contributed by atoms with Crippen LogP contribution in [0.25, 0.3) is 0 Å². The van der Waals surface area contributed by atoms with Crippen molar-refractivity contribution >= 4 is 23.1 Å². The van der Waals surface area contributed by atoms with Crippen molar-refractivity contribution in [1.29, 1.82) is 0 Å². The van der Waals surface area contributed by atoms with Crippen molar-refractivity contribution in [3.05, 3.63) is 0 Å². The van der Waals surface area contributed by atoms with Gasteiger partial charge >= 0.3 is 8.80 Å². The molecule has 0 aliphatic rings. The molecule has 0 bridgehead atoms. The van der Waals surface area contributed by atoms with E-state index in [4.69, 9.17) is 17.7 Å². The second-order valence-corrected chi connectivity index (χ2v) is 13.7. The lowest BCUT2D eigenvalue weighted by atomic mass is 10.3. The average Bonchev–Trinajstić information content (AvgIpc) is 2.45. The predicted octanol–water partition coefficient (Wildman–Crippen LogP) is 2.34. The van der Waals surface area contributed by atoms with Crippen LogP contribution < -0.4 is 0 Å². The van der Waals surface area contributed by atoms with Gasteiger partial charge in [-0.2, -0.15) is 0 Å². The van der Waals surface area contributed by atoms with Crippen molar-refractivity contribution in [2.45, 2.75) is 45.5 Å². The molecule has 8 heteroatoms. The summed E-state index contributed by atoms with van der Waals surface area (Å²) in [6.07, 6.45) is 1.36. The molecule has 0 saturated carbocycles. The zero-order chi connectivity index (χ0) is 17.2. The number of hydrogen-bond donors (Lipinski definition) is 0. The van der Waals surface area contributed by atoms with Crippen LogP contribution in [-0.4, -0.2) is 69.0 Å². The summed E-state index contributed by atoms with van der Waals surface area (Å²) in [6.45, 7) is 10.7. The first-order valence-corrected chi connectivity index (χ1v) is 13.2. The van der Waals surface area contributed by atoms with Gasteiger partial charge in [0.15, 0.2) is 0 Å². The Labute approximate surface area is 137 Å². The Kier molecular flexibility index (Phi) is 10.4. The van der Waals surface area contributed by atoms with Crippen LogP contribution >= 0.6 is 0 Å². The molecule has 6 nitrogen and oxygen atoms in total. The third-order valence-corrected chi connectivity index (χ3v) is 7.06. The van der Waals surface area contributed by atoms with Gasteiger partial charge in [-0.05, 0) is 39.2 Å². The average molecular weight is 352 g/mol. The maximum absolute atomic E-state index is 11.8. The molecule has 0 rings (SSSR count). The summed E-state index contributed by atoms with van der Waals surface area (Å²) in [5.74, 6) is -0.0907. The molecular weight excluding hydrogens is 318 g/mol. The van der Waals surface area contributed by atoms with E-state index in [1.165, 1.54) is 0 Å². The second kappa shape index (κ2) is 10.5. The first kappa shape index (κ1) is 21.7. The van der Waals surface area contributed by atoms with E-state index in [2.05, 4.69) is 11.8 Å². The first-order valence-electron chi connectivity index (χ1n) is 7.81. The van der Waals surface area contributed by atoms with Gasteiger partial charge in [-0.1, -0.05) is 6.92 Å². The molecule has 0 unspecified atom stereocenters. The maximum Gasteiger partial charge on any atom is 0.500 e. The zero-order valence-electron chi connectivity index (χ0n) is 15.2. The molecular formula is C14H33NO5Si2. The first-order chi connectivity index (χ1) is 10.2. The van der Waals surface area contributed by atoms with Crippen LogP contribution in [0.5, 0.6) is 0 Å². The van der Waals surface area contributed by atoms with Gasteiger partial charge in [0, 0.05) is 33.9 Å². The van der Waals surface area contributed by atoms with Gasteiger partial charge in [-0.3, -0.25) is 4.79 Å². The Morgan fingerprint density at radius 2 is 1.55 bits per heavy atom. The van der Waals surface area contributed by atoms with Crippen LogP contribution in [0.2, 0.25) is 25.7 Å². The number of nitrogens with zero attached hydrogens (tertiary/aromatic N) is 1. The number of rotatable bonds is 12. The van der Waals surface area contributed by atoms with Gasteiger partial charge in [0.05, 0.1) is 6.42 Å². The Morgan fingerprint density at radius 1 is 1.00 bits per heavy atom. The lowest BCUT2D eigenvalue weighted by Gasteiger charge is -2.26. The Hall–Kier alpha value is -0.256. The molecule has 0 amide bonds. The molecule has 0 atom stereocenters. The van der Waals surface area contributed by atoms with E-state index >= 15 is 0 Å². The molecule has 22 heavy (non-hydrogen) atoms. The Balaban J connectivity index is 4.15. The summed E-state index contributed by atoms with van der Waals surface area (Å²) in [5.41, 5.74) is 0. The second-order valence-electron chi connectivity index (χ2n) is 6.17. The van der Waals surface area contributed by atoms with Crippen LogP contribution in [0.15, 0.2) is 0 Å². The molecule has 0 N–H and O–H groups in total. The summed E-state index contributed by atoms with van der Waals surface area (Å²) in [6, 6.07) is 0.770. The van der Waals surface area contributed by atoms with Crippen molar-refractivity contribution in [2.75, 3.05) is 41.0 Å². The van der Waals surface area contributed by atoms with Crippen LogP contribution in [-0.2, 0) is 22.5 Å². The molecule has 0 heterocycles. The quantitative estimate of drug-likeness (QED) is 0.503. The van der Waals surface area contributed by atoms with Crippen molar-refractivity contribution in [3.8, 4) is 0 Å². The van der Waals surface area contributed by atoms with Gasteiger partial charge in [0.25, 0.3) is 5.97 Å². The van der Waals surface area contributed by atoms with Gasteiger partial charge in [0.1, 0.15) is 0 Å². The summed E-state index contributed by atoms with van der Waals surface area (Å²) in [5, 5.41) is 0. The summed E-state index contributed by atoms with van der Waals surface area (Å²) < 4.78 is 21.7. The van der Waals surface area contributed by atoms with E-state index in [9.17, 15) is 4.79 Å². The molecule has 0 aromatic rings. The fourth-order valence-corrected chi connectivity index (χ4v) is 4.63. The van der Waals surface area contributed by atoms with Crippen molar-refractivity contribution in [1.82, 2.24) is 4.90 Å². The van der Waals surface area contributed by atoms with Crippen molar-refractivity contribution in [3.63, 3.8) is 0 Å². The fourth-order valence-electron chi connectivity index (χ4n) is 2.15. The molecule has 0 aromatic carbocycles. The van der Waals surface area contributed by atoms with Crippen LogP contribution in [0.3, 0.4) is 0 Å². The molecule has 0 spiro atoms. The minimum atomic E-state index is -2.49. The monoisotopic (exact) mass is 351 g/mol. The minimum absolute atomic E-state index is 0.0907. The SMILES string of the molecule is CCN(CCC[Si](OC)(OC)OC)CCC(=O)O[Si](C)(C)C. The Morgan fingerprint density at radius 3 is 1.95 bits per heavy atom. The van der Waals surface area contributed by atoms with Crippen molar-refractivity contribution in [2.24, 2.45) is 0 Å². The predicted molar refractivity (Wildman–Crippen MR) is 92.4 cm³/mol. The number of carbonyl (C=O) groups is 1. The molecule has 132 valence electrons. The highest BCUT2D eigenvalue weighted by molar-refractivity contribution is 6.71. The lowest BCUT2D eigenvalue weighted by molar-refractivity contribution is -0.135. The van der Waals surface area contributed by atoms with Gasteiger partial charge < -0.3 is 22.6 Å².